The van der Waals surface area contributed by atoms with E-state index in [1.54, 1.807) is 12.1 Å². The summed E-state index contributed by atoms with van der Waals surface area (Å²) in [7, 11) is 1.29. The van der Waals surface area contributed by atoms with Crippen molar-refractivity contribution in [2.24, 2.45) is 0 Å². The molecule has 0 saturated carbocycles. The van der Waals surface area contributed by atoms with Crippen LogP contribution in [-0.4, -0.2) is 24.7 Å². The highest BCUT2D eigenvalue weighted by Crippen LogP contribution is 2.24. The van der Waals surface area contributed by atoms with Gasteiger partial charge in [-0.1, -0.05) is 30.3 Å². The molecule has 0 bridgehead atoms. The molecule has 0 amide bonds. The molecular weight excluding hydrogens is 244 g/mol. The van der Waals surface area contributed by atoms with Gasteiger partial charge < -0.3 is 15.2 Å². The number of nitrogen functional groups attached to an aromatic ring is 1. The first-order valence-electron chi connectivity index (χ1n) is 5.72. The number of esters is 1. The van der Waals surface area contributed by atoms with Crippen LogP contribution >= 0.6 is 0 Å². The predicted octanol–water partition coefficient (Wildman–Crippen LogP) is 1.88. The molecule has 2 N–H and O–H groups in total. The lowest BCUT2D eigenvalue weighted by atomic mass is 10.1. The zero-order valence-electron chi connectivity index (χ0n) is 10.5. The number of rotatable bonds is 4. The summed E-state index contributed by atoms with van der Waals surface area (Å²) in [5, 5.41) is 0. The smallest absolute Gasteiger partial charge is 0.343 e. The number of benzene rings is 1. The summed E-state index contributed by atoms with van der Waals surface area (Å²) in [5.41, 5.74) is 7.81. The van der Waals surface area contributed by atoms with Gasteiger partial charge in [0.05, 0.1) is 18.5 Å². The molecule has 0 radical (unpaired) electrons. The van der Waals surface area contributed by atoms with Crippen LogP contribution in [0.5, 0.6) is 5.88 Å². The highest BCUT2D eigenvalue weighted by molar-refractivity contribution is 5.71. The number of hydrogen-bond donors (Lipinski definition) is 1. The molecule has 0 aliphatic heterocycles. The van der Waals surface area contributed by atoms with Crippen molar-refractivity contribution in [3.05, 3.63) is 42.5 Å². The van der Waals surface area contributed by atoms with E-state index in [9.17, 15) is 4.79 Å². The van der Waals surface area contributed by atoms with Crippen LogP contribution < -0.4 is 10.5 Å². The summed E-state index contributed by atoms with van der Waals surface area (Å²) in [4.78, 5) is 15.3. The number of anilines is 1. The Kier molecular flexibility index (Phi) is 3.97. The van der Waals surface area contributed by atoms with Crippen LogP contribution in [0.2, 0.25) is 0 Å². The molecule has 5 nitrogen and oxygen atoms in total. The molecular formula is C14H14N2O3. The van der Waals surface area contributed by atoms with Gasteiger partial charge in [0.1, 0.15) is 0 Å². The maximum atomic E-state index is 11.0. The van der Waals surface area contributed by atoms with Crippen molar-refractivity contribution in [2.75, 3.05) is 19.5 Å². The summed E-state index contributed by atoms with van der Waals surface area (Å²) < 4.78 is 9.74. The van der Waals surface area contributed by atoms with Crippen molar-refractivity contribution < 1.29 is 14.3 Å². The number of hydrogen-bond acceptors (Lipinski definition) is 5. The second kappa shape index (κ2) is 5.86. The average molecular weight is 258 g/mol. The largest absolute Gasteiger partial charge is 0.466 e. The Balaban J connectivity index is 2.22. The molecule has 1 aromatic carbocycles. The second-order valence-corrected chi connectivity index (χ2v) is 3.82. The molecule has 0 aliphatic carbocycles. The van der Waals surface area contributed by atoms with E-state index in [1.807, 2.05) is 30.3 Å². The van der Waals surface area contributed by atoms with Crippen molar-refractivity contribution >= 4 is 11.7 Å². The lowest BCUT2D eigenvalue weighted by Crippen LogP contribution is -2.14. The van der Waals surface area contributed by atoms with Crippen LogP contribution in [0, 0.1) is 0 Å². The van der Waals surface area contributed by atoms with Crippen LogP contribution in [-0.2, 0) is 9.53 Å². The first-order valence-corrected chi connectivity index (χ1v) is 5.72. The Morgan fingerprint density at radius 2 is 1.95 bits per heavy atom. The number of carbonyl (C=O) groups excluding carboxylic acids is 1. The van der Waals surface area contributed by atoms with Gasteiger partial charge in [-0.3, -0.25) is 0 Å². The molecule has 0 aliphatic rings. The van der Waals surface area contributed by atoms with Crippen LogP contribution in [0.4, 0.5) is 5.69 Å². The van der Waals surface area contributed by atoms with E-state index < -0.39 is 5.97 Å². The van der Waals surface area contributed by atoms with E-state index in [4.69, 9.17) is 10.5 Å². The van der Waals surface area contributed by atoms with Gasteiger partial charge in [0.25, 0.3) is 0 Å². The number of nitrogens with two attached hydrogens (primary N) is 1. The molecule has 0 atom stereocenters. The minimum atomic E-state index is -0.480. The number of pyridine rings is 1. The Morgan fingerprint density at radius 3 is 2.63 bits per heavy atom. The van der Waals surface area contributed by atoms with E-state index in [-0.39, 0.29) is 12.5 Å². The molecule has 1 aromatic heterocycles. The molecule has 19 heavy (non-hydrogen) atoms. The molecule has 0 unspecified atom stereocenters. The summed E-state index contributed by atoms with van der Waals surface area (Å²) in [6, 6.07) is 13.1. The van der Waals surface area contributed by atoms with Crippen molar-refractivity contribution in [3.8, 4) is 17.1 Å². The van der Waals surface area contributed by atoms with Gasteiger partial charge >= 0.3 is 5.97 Å². The topological polar surface area (TPSA) is 74.4 Å². The monoisotopic (exact) mass is 258 g/mol. The fraction of sp³-hybridized carbons (Fsp3) is 0.143. The SMILES string of the molecule is COC(=O)COc1nc(-c2ccccc2)ccc1N. The van der Waals surface area contributed by atoms with E-state index in [0.29, 0.717) is 5.69 Å². The third kappa shape index (κ3) is 3.22. The Bertz CT molecular complexity index is 570. The quantitative estimate of drug-likeness (QED) is 0.847. The summed E-state index contributed by atoms with van der Waals surface area (Å²) >= 11 is 0. The maximum absolute atomic E-state index is 11.0. The van der Waals surface area contributed by atoms with Crippen LogP contribution in [0.15, 0.2) is 42.5 Å². The van der Waals surface area contributed by atoms with Gasteiger partial charge in [0.2, 0.25) is 5.88 Å². The molecule has 5 heteroatoms. The molecule has 2 aromatic rings. The van der Waals surface area contributed by atoms with Crippen molar-refractivity contribution in [2.45, 2.75) is 0 Å². The van der Waals surface area contributed by atoms with Crippen LogP contribution in [0.3, 0.4) is 0 Å². The molecule has 1 heterocycles. The number of methoxy groups -OCH3 is 1. The maximum Gasteiger partial charge on any atom is 0.343 e. The predicted molar refractivity (Wildman–Crippen MR) is 71.6 cm³/mol. The fourth-order valence-corrected chi connectivity index (χ4v) is 1.52. The highest BCUT2D eigenvalue weighted by Gasteiger charge is 2.08. The first kappa shape index (κ1) is 12.9. The van der Waals surface area contributed by atoms with Gasteiger partial charge in [-0.15, -0.1) is 0 Å². The van der Waals surface area contributed by atoms with Gasteiger partial charge in [0, 0.05) is 5.56 Å². The first-order chi connectivity index (χ1) is 9.20. The Morgan fingerprint density at radius 1 is 1.21 bits per heavy atom. The summed E-state index contributed by atoms with van der Waals surface area (Å²) in [6.45, 7) is -0.216. The van der Waals surface area contributed by atoms with Crippen LogP contribution in [0.1, 0.15) is 0 Å². The zero-order valence-corrected chi connectivity index (χ0v) is 10.5. The minimum Gasteiger partial charge on any atom is -0.466 e. The van der Waals surface area contributed by atoms with E-state index >= 15 is 0 Å². The highest BCUT2D eigenvalue weighted by atomic mass is 16.6. The number of ether oxygens (including phenoxy) is 2. The standard InChI is InChI=1S/C14H14N2O3/c1-18-13(17)9-19-14-11(15)7-8-12(16-14)10-5-3-2-4-6-10/h2-8H,9,15H2,1H3. The fourth-order valence-electron chi connectivity index (χ4n) is 1.52. The van der Waals surface area contributed by atoms with Gasteiger partial charge in [0.15, 0.2) is 6.61 Å². The lowest BCUT2D eigenvalue weighted by molar-refractivity contribution is -0.143. The van der Waals surface area contributed by atoms with Crippen molar-refractivity contribution in [1.82, 2.24) is 4.98 Å². The van der Waals surface area contributed by atoms with Crippen molar-refractivity contribution in [1.29, 1.82) is 0 Å². The van der Waals surface area contributed by atoms with Crippen molar-refractivity contribution in [3.63, 3.8) is 0 Å². The third-order valence-electron chi connectivity index (χ3n) is 2.51. The molecule has 98 valence electrons. The molecule has 0 spiro atoms. The summed E-state index contributed by atoms with van der Waals surface area (Å²) in [5.74, 6) is -0.252. The number of carbonyl (C=O) groups is 1. The third-order valence-corrected chi connectivity index (χ3v) is 2.51. The minimum absolute atomic E-state index is 0.216. The van der Waals surface area contributed by atoms with Gasteiger partial charge in [-0.2, -0.15) is 0 Å². The van der Waals surface area contributed by atoms with Gasteiger partial charge in [-0.25, -0.2) is 9.78 Å². The Hall–Kier alpha value is -2.56. The molecule has 0 fully saturated rings. The number of aromatic nitrogens is 1. The summed E-state index contributed by atoms with van der Waals surface area (Å²) in [6.07, 6.45) is 0. The average Bonchev–Trinajstić information content (AvgIpc) is 2.47. The van der Waals surface area contributed by atoms with E-state index in [0.717, 1.165) is 11.3 Å². The lowest BCUT2D eigenvalue weighted by Gasteiger charge is -2.08. The van der Waals surface area contributed by atoms with E-state index in [1.165, 1.54) is 7.11 Å². The normalized spacial score (nSPS) is 9.95. The number of nitrogens with zero attached hydrogens (tertiary/aromatic N) is 1. The zero-order chi connectivity index (χ0) is 13.7. The molecule has 0 saturated heterocycles. The molecule has 2 rings (SSSR count). The second-order valence-electron chi connectivity index (χ2n) is 3.82. The van der Waals surface area contributed by atoms with Gasteiger partial charge in [-0.05, 0) is 12.1 Å². The van der Waals surface area contributed by atoms with E-state index in [2.05, 4.69) is 9.72 Å². The van der Waals surface area contributed by atoms with Crippen LogP contribution in [0.25, 0.3) is 11.3 Å². The Labute approximate surface area is 111 Å².